The van der Waals surface area contributed by atoms with E-state index in [1.54, 1.807) is 14.2 Å². The van der Waals surface area contributed by atoms with Gasteiger partial charge in [-0.1, -0.05) is 6.07 Å². The van der Waals surface area contributed by atoms with E-state index in [1.807, 2.05) is 35.1 Å². The van der Waals surface area contributed by atoms with Gasteiger partial charge < -0.3 is 15.2 Å². The molecule has 1 unspecified atom stereocenters. The molecule has 0 aliphatic heterocycles. The normalized spacial score (nSPS) is 12.5. The number of ether oxygens (including phenoxy) is 2. The summed E-state index contributed by atoms with van der Waals surface area (Å²) >= 11 is 0. The van der Waals surface area contributed by atoms with Crippen molar-refractivity contribution >= 4 is 0 Å². The maximum atomic E-state index is 6.28. The molecule has 2 N–H and O–H groups in total. The third-order valence-corrected chi connectivity index (χ3v) is 3.46. The van der Waals surface area contributed by atoms with Crippen molar-refractivity contribution in [1.29, 1.82) is 0 Å². The Hall–Kier alpha value is -2.01. The molecular formula is C16H23N3O2. The number of nitrogens with zero attached hydrogens (tertiary/aromatic N) is 2. The number of methoxy groups -OCH3 is 2. The summed E-state index contributed by atoms with van der Waals surface area (Å²) in [5.41, 5.74) is 8.28. The zero-order chi connectivity index (χ0) is 15.4. The summed E-state index contributed by atoms with van der Waals surface area (Å²) in [6, 6.07) is 8.01. The van der Waals surface area contributed by atoms with Gasteiger partial charge in [-0.3, -0.25) is 4.68 Å². The molecule has 2 aromatic rings. The molecule has 0 spiro atoms. The number of rotatable bonds is 6. The van der Waals surface area contributed by atoms with Crippen molar-refractivity contribution < 1.29 is 9.47 Å². The summed E-state index contributed by atoms with van der Waals surface area (Å²) in [5, 5.41) is 4.53. The van der Waals surface area contributed by atoms with Crippen LogP contribution < -0.4 is 15.2 Å². The Morgan fingerprint density at radius 1 is 1.14 bits per heavy atom. The SMILES string of the molecule is COc1ccc(C(N)Cc2ccn(C(C)C)n2)cc1OC. The predicted octanol–water partition coefficient (Wildman–Crippen LogP) is 2.72. The Morgan fingerprint density at radius 2 is 1.86 bits per heavy atom. The third kappa shape index (κ3) is 3.55. The van der Waals surface area contributed by atoms with Gasteiger partial charge in [0.05, 0.1) is 19.9 Å². The van der Waals surface area contributed by atoms with E-state index in [1.165, 1.54) is 0 Å². The van der Waals surface area contributed by atoms with Crippen molar-refractivity contribution in [2.45, 2.75) is 32.4 Å². The number of benzene rings is 1. The van der Waals surface area contributed by atoms with Crippen LogP contribution in [-0.2, 0) is 6.42 Å². The van der Waals surface area contributed by atoms with Crippen molar-refractivity contribution in [3.05, 3.63) is 41.7 Å². The first-order valence-electron chi connectivity index (χ1n) is 7.06. The largest absolute Gasteiger partial charge is 0.493 e. The van der Waals surface area contributed by atoms with Crippen LogP contribution in [0, 0.1) is 0 Å². The van der Waals surface area contributed by atoms with Crippen LogP contribution >= 0.6 is 0 Å². The zero-order valence-electron chi connectivity index (χ0n) is 13.0. The van der Waals surface area contributed by atoms with Gasteiger partial charge in [0.1, 0.15) is 0 Å². The first-order valence-corrected chi connectivity index (χ1v) is 7.06. The minimum atomic E-state index is -0.125. The topological polar surface area (TPSA) is 62.3 Å². The van der Waals surface area contributed by atoms with E-state index >= 15 is 0 Å². The Kier molecular flexibility index (Phi) is 4.85. The van der Waals surface area contributed by atoms with E-state index in [4.69, 9.17) is 15.2 Å². The van der Waals surface area contributed by atoms with Gasteiger partial charge >= 0.3 is 0 Å². The molecule has 5 heteroatoms. The summed E-state index contributed by atoms with van der Waals surface area (Å²) in [6.07, 6.45) is 2.68. The van der Waals surface area contributed by atoms with Crippen LogP contribution in [0.5, 0.6) is 11.5 Å². The summed E-state index contributed by atoms with van der Waals surface area (Å²) in [5.74, 6) is 1.40. The van der Waals surface area contributed by atoms with Crippen molar-refractivity contribution in [3.8, 4) is 11.5 Å². The van der Waals surface area contributed by atoms with Gasteiger partial charge in [-0.25, -0.2) is 0 Å². The molecule has 2 rings (SSSR count). The van der Waals surface area contributed by atoms with Gasteiger partial charge in [0.2, 0.25) is 0 Å². The van der Waals surface area contributed by atoms with Gasteiger partial charge in [-0.15, -0.1) is 0 Å². The lowest BCUT2D eigenvalue weighted by atomic mass is 10.0. The van der Waals surface area contributed by atoms with E-state index in [9.17, 15) is 0 Å². The van der Waals surface area contributed by atoms with Gasteiger partial charge in [-0.05, 0) is 37.6 Å². The van der Waals surface area contributed by atoms with E-state index in [0.717, 1.165) is 11.3 Å². The molecule has 0 saturated heterocycles. The molecule has 1 atom stereocenters. The smallest absolute Gasteiger partial charge is 0.161 e. The molecule has 1 heterocycles. The van der Waals surface area contributed by atoms with Crippen molar-refractivity contribution in [3.63, 3.8) is 0 Å². The monoisotopic (exact) mass is 289 g/mol. The Labute approximate surface area is 125 Å². The molecular weight excluding hydrogens is 266 g/mol. The zero-order valence-corrected chi connectivity index (χ0v) is 13.0. The summed E-state index contributed by atoms with van der Waals surface area (Å²) in [4.78, 5) is 0. The fraction of sp³-hybridized carbons (Fsp3) is 0.438. The van der Waals surface area contributed by atoms with E-state index in [-0.39, 0.29) is 6.04 Å². The summed E-state index contributed by atoms with van der Waals surface area (Å²) < 4.78 is 12.5. The lowest BCUT2D eigenvalue weighted by molar-refractivity contribution is 0.354. The average Bonchev–Trinajstić information content (AvgIpc) is 2.95. The second-order valence-electron chi connectivity index (χ2n) is 5.31. The molecule has 0 aliphatic carbocycles. The van der Waals surface area contributed by atoms with Crippen molar-refractivity contribution in [2.24, 2.45) is 5.73 Å². The first kappa shape index (κ1) is 15.4. The average molecular weight is 289 g/mol. The minimum Gasteiger partial charge on any atom is -0.493 e. The van der Waals surface area contributed by atoms with Crippen LogP contribution in [0.2, 0.25) is 0 Å². The Morgan fingerprint density at radius 3 is 2.43 bits per heavy atom. The number of nitrogens with two attached hydrogens (primary N) is 1. The lowest BCUT2D eigenvalue weighted by Gasteiger charge is -2.14. The quantitative estimate of drug-likeness (QED) is 0.888. The number of aromatic nitrogens is 2. The minimum absolute atomic E-state index is 0.125. The maximum absolute atomic E-state index is 6.28. The Balaban J connectivity index is 2.13. The fourth-order valence-electron chi connectivity index (χ4n) is 2.20. The van der Waals surface area contributed by atoms with Crippen LogP contribution in [0.1, 0.15) is 37.2 Å². The molecule has 1 aromatic heterocycles. The highest BCUT2D eigenvalue weighted by Gasteiger charge is 2.13. The van der Waals surface area contributed by atoms with E-state index in [0.29, 0.717) is 24.0 Å². The summed E-state index contributed by atoms with van der Waals surface area (Å²) in [6.45, 7) is 4.20. The van der Waals surface area contributed by atoms with Crippen LogP contribution in [0.25, 0.3) is 0 Å². The molecule has 0 bridgehead atoms. The second kappa shape index (κ2) is 6.63. The standard InChI is InChI=1S/C16H23N3O2/c1-11(2)19-8-7-13(18-19)10-14(17)12-5-6-15(20-3)16(9-12)21-4/h5-9,11,14H,10,17H2,1-4H3. The third-order valence-electron chi connectivity index (χ3n) is 3.46. The highest BCUT2D eigenvalue weighted by Crippen LogP contribution is 2.30. The molecule has 1 aromatic carbocycles. The maximum Gasteiger partial charge on any atom is 0.161 e. The molecule has 0 radical (unpaired) electrons. The molecule has 21 heavy (non-hydrogen) atoms. The molecule has 0 fully saturated rings. The second-order valence-corrected chi connectivity index (χ2v) is 5.31. The number of hydrogen-bond donors (Lipinski definition) is 1. The first-order chi connectivity index (χ1) is 10.0. The van der Waals surface area contributed by atoms with Crippen LogP contribution in [0.4, 0.5) is 0 Å². The Bertz CT molecular complexity index is 593. The summed E-state index contributed by atoms with van der Waals surface area (Å²) in [7, 11) is 3.24. The van der Waals surface area contributed by atoms with Crippen molar-refractivity contribution in [2.75, 3.05) is 14.2 Å². The highest BCUT2D eigenvalue weighted by molar-refractivity contribution is 5.43. The van der Waals surface area contributed by atoms with Gasteiger partial charge in [0, 0.05) is 24.7 Å². The molecule has 114 valence electrons. The van der Waals surface area contributed by atoms with Gasteiger partial charge in [0.15, 0.2) is 11.5 Å². The van der Waals surface area contributed by atoms with Crippen LogP contribution in [0.15, 0.2) is 30.5 Å². The lowest BCUT2D eigenvalue weighted by Crippen LogP contribution is -2.14. The van der Waals surface area contributed by atoms with Crippen molar-refractivity contribution in [1.82, 2.24) is 9.78 Å². The van der Waals surface area contributed by atoms with Gasteiger partial charge in [0.25, 0.3) is 0 Å². The predicted molar refractivity (Wildman–Crippen MR) is 82.8 cm³/mol. The molecule has 0 saturated carbocycles. The van der Waals surface area contributed by atoms with Crippen LogP contribution in [-0.4, -0.2) is 24.0 Å². The van der Waals surface area contributed by atoms with E-state index in [2.05, 4.69) is 18.9 Å². The molecule has 5 nitrogen and oxygen atoms in total. The molecule has 0 aliphatic rings. The molecule has 0 amide bonds. The highest BCUT2D eigenvalue weighted by atomic mass is 16.5. The van der Waals surface area contributed by atoms with Gasteiger partial charge in [-0.2, -0.15) is 5.10 Å². The number of hydrogen-bond acceptors (Lipinski definition) is 4. The van der Waals surface area contributed by atoms with E-state index < -0.39 is 0 Å². The fourth-order valence-corrected chi connectivity index (χ4v) is 2.20. The van der Waals surface area contributed by atoms with Crippen LogP contribution in [0.3, 0.4) is 0 Å².